The van der Waals surface area contributed by atoms with Crippen molar-refractivity contribution >= 4 is 31.9 Å². The fourth-order valence-electron chi connectivity index (χ4n) is 3.01. The zero-order valence-electron chi connectivity index (χ0n) is 15.3. The van der Waals surface area contributed by atoms with Crippen molar-refractivity contribution in [3.63, 3.8) is 0 Å². The number of amides is 1. The van der Waals surface area contributed by atoms with Gasteiger partial charge in [-0.1, -0.05) is 15.9 Å². The van der Waals surface area contributed by atoms with E-state index in [9.17, 15) is 18.3 Å². The number of carbonyl (C=O) groups excluding carboxylic acids is 1. The number of nitrogens with zero attached hydrogens (tertiary/aromatic N) is 2. The SMILES string of the molecule is CCOc1ccc(S(=O)(=O)N2CCN(C(=O)c3cc(Br)ccc3O)CC2)cc1. The molecule has 1 heterocycles. The van der Waals surface area contributed by atoms with Crippen LogP contribution in [0.3, 0.4) is 0 Å². The summed E-state index contributed by atoms with van der Waals surface area (Å²) in [5, 5.41) is 9.94. The van der Waals surface area contributed by atoms with Crippen LogP contribution in [0.2, 0.25) is 0 Å². The van der Waals surface area contributed by atoms with Crippen LogP contribution in [0.15, 0.2) is 51.8 Å². The smallest absolute Gasteiger partial charge is 0.257 e. The first-order valence-electron chi connectivity index (χ1n) is 8.83. The number of ether oxygens (including phenoxy) is 1. The lowest BCUT2D eigenvalue weighted by Gasteiger charge is -2.34. The number of aromatic hydroxyl groups is 1. The molecule has 1 N–H and O–H groups in total. The Kier molecular flexibility index (Phi) is 6.26. The van der Waals surface area contributed by atoms with E-state index >= 15 is 0 Å². The predicted octanol–water partition coefficient (Wildman–Crippen LogP) is 2.70. The predicted molar refractivity (Wildman–Crippen MR) is 108 cm³/mol. The molecule has 150 valence electrons. The average Bonchev–Trinajstić information content (AvgIpc) is 2.70. The molecule has 0 bridgehead atoms. The summed E-state index contributed by atoms with van der Waals surface area (Å²) in [6.45, 7) is 3.25. The van der Waals surface area contributed by atoms with Crippen LogP contribution in [0, 0.1) is 0 Å². The lowest BCUT2D eigenvalue weighted by molar-refractivity contribution is 0.0694. The van der Waals surface area contributed by atoms with Gasteiger partial charge in [-0.25, -0.2) is 8.42 Å². The minimum Gasteiger partial charge on any atom is -0.507 e. The van der Waals surface area contributed by atoms with Crippen molar-refractivity contribution < 1.29 is 23.1 Å². The summed E-state index contributed by atoms with van der Waals surface area (Å²) in [6, 6.07) is 11.0. The van der Waals surface area contributed by atoms with Crippen LogP contribution in [0.25, 0.3) is 0 Å². The van der Waals surface area contributed by atoms with Gasteiger partial charge in [-0.05, 0) is 49.4 Å². The lowest BCUT2D eigenvalue weighted by atomic mass is 10.1. The molecule has 0 unspecified atom stereocenters. The molecule has 0 aromatic heterocycles. The molecule has 1 amide bonds. The number of sulfonamides is 1. The van der Waals surface area contributed by atoms with Crippen LogP contribution in [-0.4, -0.2) is 61.4 Å². The van der Waals surface area contributed by atoms with E-state index in [0.717, 1.165) is 0 Å². The third-order valence-electron chi connectivity index (χ3n) is 4.49. The van der Waals surface area contributed by atoms with Crippen molar-refractivity contribution in [2.75, 3.05) is 32.8 Å². The molecule has 0 atom stereocenters. The van der Waals surface area contributed by atoms with Crippen molar-refractivity contribution in [1.29, 1.82) is 0 Å². The molecule has 0 saturated carbocycles. The van der Waals surface area contributed by atoms with Gasteiger partial charge >= 0.3 is 0 Å². The zero-order valence-corrected chi connectivity index (χ0v) is 17.7. The molecule has 0 aliphatic carbocycles. The zero-order chi connectivity index (χ0) is 20.3. The second-order valence-electron chi connectivity index (χ2n) is 6.26. The highest BCUT2D eigenvalue weighted by Crippen LogP contribution is 2.25. The number of benzene rings is 2. The molecule has 2 aromatic carbocycles. The molecule has 28 heavy (non-hydrogen) atoms. The minimum atomic E-state index is -3.64. The summed E-state index contributed by atoms with van der Waals surface area (Å²) >= 11 is 3.29. The van der Waals surface area contributed by atoms with Crippen LogP contribution in [0.4, 0.5) is 0 Å². The number of hydrogen-bond acceptors (Lipinski definition) is 5. The van der Waals surface area contributed by atoms with E-state index in [2.05, 4.69) is 15.9 Å². The van der Waals surface area contributed by atoms with Crippen molar-refractivity contribution in [3.05, 3.63) is 52.5 Å². The summed E-state index contributed by atoms with van der Waals surface area (Å²) in [6.07, 6.45) is 0. The second-order valence-corrected chi connectivity index (χ2v) is 9.12. The first kappa shape index (κ1) is 20.6. The molecule has 3 rings (SSSR count). The molecule has 1 saturated heterocycles. The number of phenols is 1. The normalized spacial score (nSPS) is 15.4. The Bertz CT molecular complexity index is 955. The van der Waals surface area contributed by atoms with Crippen molar-refractivity contribution in [2.45, 2.75) is 11.8 Å². The van der Waals surface area contributed by atoms with Gasteiger partial charge in [0.15, 0.2) is 0 Å². The van der Waals surface area contributed by atoms with E-state index in [1.54, 1.807) is 29.2 Å². The van der Waals surface area contributed by atoms with Crippen LogP contribution in [-0.2, 0) is 10.0 Å². The van der Waals surface area contributed by atoms with E-state index in [0.29, 0.717) is 16.8 Å². The Balaban J connectivity index is 1.68. The Hall–Kier alpha value is -2.10. The first-order valence-corrected chi connectivity index (χ1v) is 11.1. The van der Waals surface area contributed by atoms with Crippen LogP contribution in [0.1, 0.15) is 17.3 Å². The Labute approximate surface area is 172 Å². The van der Waals surface area contributed by atoms with Crippen LogP contribution in [0.5, 0.6) is 11.5 Å². The van der Waals surface area contributed by atoms with E-state index in [1.165, 1.54) is 22.5 Å². The van der Waals surface area contributed by atoms with Crippen LogP contribution >= 0.6 is 15.9 Å². The van der Waals surface area contributed by atoms with Gasteiger partial charge in [-0.3, -0.25) is 4.79 Å². The molecule has 9 heteroatoms. The first-order chi connectivity index (χ1) is 13.3. The molecule has 0 spiro atoms. The highest BCUT2D eigenvalue weighted by molar-refractivity contribution is 9.10. The summed E-state index contributed by atoms with van der Waals surface area (Å²) < 4.78 is 33.1. The van der Waals surface area contributed by atoms with E-state index in [4.69, 9.17) is 4.74 Å². The third kappa shape index (κ3) is 4.31. The minimum absolute atomic E-state index is 0.0994. The van der Waals surface area contributed by atoms with Gasteiger partial charge < -0.3 is 14.7 Å². The number of carbonyl (C=O) groups is 1. The van der Waals surface area contributed by atoms with Gasteiger partial charge in [-0.2, -0.15) is 4.31 Å². The average molecular weight is 469 g/mol. The topological polar surface area (TPSA) is 87.2 Å². The standard InChI is InChI=1S/C19H21BrN2O5S/c1-2-27-15-4-6-16(7-5-15)28(25,26)22-11-9-21(10-12-22)19(24)17-13-14(20)3-8-18(17)23/h3-8,13,23H,2,9-12H2,1H3. The van der Waals surface area contributed by atoms with E-state index in [1.807, 2.05) is 6.92 Å². The monoisotopic (exact) mass is 468 g/mol. The fourth-order valence-corrected chi connectivity index (χ4v) is 4.79. The highest BCUT2D eigenvalue weighted by Gasteiger charge is 2.31. The molecule has 7 nitrogen and oxygen atoms in total. The van der Waals surface area contributed by atoms with Crippen molar-refractivity contribution in [2.24, 2.45) is 0 Å². The van der Waals surface area contributed by atoms with Gasteiger partial charge in [0.25, 0.3) is 5.91 Å². The Morgan fingerprint density at radius 2 is 1.75 bits per heavy atom. The molecule has 1 aliphatic rings. The van der Waals surface area contributed by atoms with Gasteiger partial charge in [-0.15, -0.1) is 0 Å². The van der Waals surface area contributed by atoms with Gasteiger partial charge in [0, 0.05) is 30.7 Å². The highest BCUT2D eigenvalue weighted by atomic mass is 79.9. The van der Waals surface area contributed by atoms with Gasteiger partial charge in [0.05, 0.1) is 17.1 Å². The van der Waals surface area contributed by atoms with E-state index < -0.39 is 10.0 Å². The maximum absolute atomic E-state index is 12.8. The second kappa shape index (κ2) is 8.50. The van der Waals surface area contributed by atoms with Gasteiger partial charge in [0.2, 0.25) is 10.0 Å². The molecule has 1 aliphatic heterocycles. The number of halogens is 1. The largest absolute Gasteiger partial charge is 0.507 e. The van der Waals surface area contributed by atoms with E-state index in [-0.39, 0.29) is 48.3 Å². The Morgan fingerprint density at radius 3 is 2.36 bits per heavy atom. The lowest BCUT2D eigenvalue weighted by Crippen LogP contribution is -2.50. The number of rotatable bonds is 5. The molecular formula is C19H21BrN2O5S. The van der Waals surface area contributed by atoms with Crippen LogP contribution < -0.4 is 4.74 Å². The quantitative estimate of drug-likeness (QED) is 0.728. The molecule has 0 radical (unpaired) electrons. The molecule has 2 aromatic rings. The Morgan fingerprint density at radius 1 is 1.11 bits per heavy atom. The maximum atomic E-state index is 12.8. The number of piperazine rings is 1. The van der Waals surface area contributed by atoms with Crippen molar-refractivity contribution in [3.8, 4) is 11.5 Å². The summed E-state index contributed by atoms with van der Waals surface area (Å²) in [7, 11) is -3.64. The third-order valence-corrected chi connectivity index (χ3v) is 6.89. The maximum Gasteiger partial charge on any atom is 0.257 e. The summed E-state index contributed by atoms with van der Waals surface area (Å²) in [5.74, 6) is 0.195. The summed E-state index contributed by atoms with van der Waals surface area (Å²) in [4.78, 5) is 14.4. The number of phenolic OH excluding ortho intramolecular Hbond substituents is 1. The molecule has 1 fully saturated rings. The fraction of sp³-hybridized carbons (Fsp3) is 0.316. The molecular weight excluding hydrogens is 448 g/mol. The summed E-state index contributed by atoms with van der Waals surface area (Å²) in [5.41, 5.74) is 0.192. The number of hydrogen-bond donors (Lipinski definition) is 1. The van der Waals surface area contributed by atoms with Crippen molar-refractivity contribution in [1.82, 2.24) is 9.21 Å². The van der Waals surface area contributed by atoms with Gasteiger partial charge in [0.1, 0.15) is 11.5 Å².